The van der Waals surface area contributed by atoms with Gasteiger partial charge in [0.1, 0.15) is 0 Å². The van der Waals surface area contributed by atoms with E-state index < -0.39 is 5.41 Å². The Hall–Kier alpha value is -6.45. The van der Waals surface area contributed by atoms with Gasteiger partial charge in [-0.1, -0.05) is 152 Å². The molecule has 3 nitrogen and oxygen atoms in total. The molecule has 3 heteroatoms. The van der Waals surface area contributed by atoms with Crippen molar-refractivity contribution >= 4 is 0 Å². The van der Waals surface area contributed by atoms with Crippen LogP contribution in [0.15, 0.2) is 188 Å². The first kappa shape index (κ1) is 28.7. The molecule has 49 heavy (non-hydrogen) atoms. The van der Waals surface area contributed by atoms with Crippen LogP contribution in [-0.2, 0) is 5.41 Å². The van der Waals surface area contributed by atoms with Gasteiger partial charge in [-0.05, 0) is 63.7 Å². The molecule has 0 saturated carbocycles. The largest absolute Gasteiger partial charge is 0.256 e. The maximum atomic E-state index is 5.20. The quantitative estimate of drug-likeness (QED) is 0.185. The lowest BCUT2D eigenvalue weighted by Crippen LogP contribution is -2.28. The Balaban J connectivity index is 1.32. The first-order valence-corrected chi connectivity index (χ1v) is 16.6. The summed E-state index contributed by atoms with van der Waals surface area (Å²) in [5, 5.41) is 0. The Kier molecular flexibility index (Phi) is 7.02. The van der Waals surface area contributed by atoms with Crippen LogP contribution in [0.5, 0.6) is 0 Å². The van der Waals surface area contributed by atoms with Crippen molar-refractivity contribution in [2.24, 2.45) is 0 Å². The Labute approximate surface area is 286 Å². The van der Waals surface area contributed by atoms with Gasteiger partial charge >= 0.3 is 0 Å². The molecule has 0 N–H and O–H groups in total. The monoisotopic (exact) mass is 625 g/mol. The minimum atomic E-state index is -0.564. The summed E-state index contributed by atoms with van der Waals surface area (Å²) >= 11 is 0. The third kappa shape index (κ3) is 4.87. The van der Waals surface area contributed by atoms with E-state index in [0.29, 0.717) is 5.82 Å². The van der Waals surface area contributed by atoms with Crippen molar-refractivity contribution in [1.29, 1.82) is 0 Å². The Morgan fingerprint density at radius 3 is 1.35 bits per heavy atom. The van der Waals surface area contributed by atoms with Gasteiger partial charge in [-0.15, -0.1) is 0 Å². The fourth-order valence-electron chi connectivity index (χ4n) is 7.41. The highest BCUT2D eigenvalue weighted by molar-refractivity contribution is 5.90. The van der Waals surface area contributed by atoms with Crippen molar-refractivity contribution in [2.45, 2.75) is 5.41 Å². The lowest BCUT2D eigenvalue weighted by Gasteiger charge is -2.34. The van der Waals surface area contributed by atoms with Crippen molar-refractivity contribution in [1.82, 2.24) is 15.0 Å². The second kappa shape index (κ2) is 12.0. The molecule has 0 atom stereocenters. The zero-order valence-corrected chi connectivity index (χ0v) is 26.7. The topological polar surface area (TPSA) is 38.7 Å². The molecule has 0 spiro atoms. The molecule has 0 unspecified atom stereocenters. The van der Waals surface area contributed by atoms with Crippen molar-refractivity contribution in [2.75, 3.05) is 0 Å². The molecular weight excluding hydrogens is 595 g/mol. The Morgan fingerprint density at radius 2 is 0.816 bits per heavy atom. The molecular formula is C46H31N3. The molecule has 230 valence electrons. The lowest BCUT2D eigenvalue weighted by molar-refractivity contribution is 0.769. The molecule has 2 aromatic heterocycles. The number of aromatic nitrogens is 3. The molecule has 0 saturated heterocycles. The minimum absolute atomic E-state index is 0.564. The van der Waals surface area contributed by atoms with E-state index in [4.69, 9.17) is 15.0 Å². The molecule has 0 radical (unpaired) electrons. The van der Waals surface area contributed by atoms with E-state index in [2.05, 4.69) is 146 Å². The lowest BCUT2D eigenvalue weighted by atomic mass is 9.67. The molecule has 0 aliphatic heterocycles. The highest BCUT2D eigenvalue weighted by Crippen LogP contribution is 2.57. The number of pyridine rings is 1. The van der Waals surface area contributed by atoms with Crippen LogP contribution in [0.3, 0.4) is 0 Å². The molecule has 9 rings (SSSR count). The Morgan fingerprint density at radius 1 is 0.347 bits per heavy atom. The van der Waals surface area contributed by atoms with Gasteiger partial charge in [-0.2, -0.15) is 0 Å². The molecule has 2 heterocycles. The fraction of sp³-hybridized carbons (Fsp3) is 0.0217. The average molecular weight is 626 g/mol. The summed E-state index contributed by atoms with van der Waals surface area (Å²) in [7, 11) is 0. The molecule has 1 aliphatic carbocycles. The summed E-state index contributed by atoms with van der Waals surface area (Å²) in [6.45, 7) is 0. The molecule has 6 aromatic carbocycles. The summed E-state index contributed by atoms with van der Waals surface area (Å²) in [5.41, 5.74) is 13.7. The van der Waals surface area contributed by atoms with E-state index >= 15 is 0 Å². The van der Waals surface area contributed by atoms with Crippen LogP contribution in [0.2, 0.25) is 0 Å². The van der Waals surface area contributed by atoms with Gasteiger partial charge in [0, 0.05) is 28.5 Å². The van der Waals surface area contributed by atoms with Gasteiger partial charge < -0.3 is 0 Å². The average Bonchev–Trinajstić information content (AvgIpc) is 3.49. The third-order valence-corrected chi connectivity index (χ3v) is 9.64. The van der Waals surface area contributed by atoms with E-state index in [0.717, 1.165) is 39.3 Å². The summed E-state index contributed by atoms with van der Waals surface area (Å²) in [6, 6.07) is 64.3. The van der Waals surface area contributed by atoms with Crippen molar-refractivity contribution in [3.63, 3.8) is 0 Å². The zero-order chi connectivity index (χ0) is 32.6. The second-order valence-electron chi connectivity index (χ2n) is 12.4. The van der Waals surface area contributed by atoms with E-state index in [1.807, 2.05) is 42.6 Å². The predicted molar refractivity (Wildman–Crippen MR) is 199 cm³/mol. The molecule has 1 aliphatic rings. The first-order chi connectivity index (χ1) is 24.3. The van der Waals surface area contributed by atoms with Crippen LogP contribution in [-0.4, -0.2) is 15.0 Å². The first-order valence-electron chi connectivity index (χ1n) is 16.6. The molecule has 0 bridgehead atoms. The second-order valence-corrected chi connectivity index (χ2v) is 12.4. The van der Waals surface area contributed by atoms with E-state index in [-0.39, 0.29) is 0 Å². The van der Waals surface area contributed by atoms with Crippen LogP contribution >= 0.6 is 0 Å². The van der Waals surface area contributed by atoms with Crippen LogP contribution in [0, 0.1) is 0 Å². The maximum Gasteiger partial charge on any atom is 0.160 e. The van der Waals surface area contributed by atoms with Crippen LogP contribution in [0.1, 0.15) is 22.3 Å². The normalized spacial score (nSPS) is 12.7. The number of fused-ring (bicyclic) bond motifs is 3. The molecule has 0 fully saturated rings. The Bertz CT molecular complexity index is 2310. The number of nitrogens with zero attached hydrogens (tertiary/aromatic N) is 3. The van der Waals surface area contributed by atoms with Crippen LogP contribution < -0.4 is 0 Å². The number of rotatable bonds is 6. The minimum Gasteiger partial charge on any atom is -0.256 e. The van der Waals surface area contributed by atoms with Gasteiger partial charge in [0.2, 0.25) is 0 Å². The fourth-order valence-corrected chi connectivity index (χ4v) is 7.41. The number of benzene rings is 6. The van der Waals surface area contributed by atoms with Gasteiger partial charge in [0.05, 0.1) is 22.5 Å². The van der Waals surface area contributed by atoms with E-state index in [1.54, 1.807) is 0 Å². The molecule has 8 aromatic rings. The van der Waals surface area contributed by atoms with Crippen LogP contribution in [0.25, 0.3) is 56.3 Å². The molecule has 0 amide bonds. The zero-order valence-electron chi connectivity index (χ0n) is 26.7. The summed E-state index contributed by atoms with van der Waals surface area (Å²) in [5.74, 6) is 0.707. The van der Waals surface area contributed by atoms with Crippen molar-refractivity contribution < 1.29 is 0 Å². The summed E-state index contributed by atoms with van der Waals surface area (Å²) < 4.78 is 0. The van der Waals surface area contributed by atoms with Gasteiger partial charge in [-0.25, -0.2) is 9.97 Å². The standard InChI is InChI=1S/C46H31N3/c1-5-15-32(16-6-1)43-31-44(49-45(48-43)33-17-7-2-8-18-33)35-25-27-39-38-26-24-34(42-23-13-14-28-47-42)29-40(38)46(41(39)30-35,36-19-9-3-10-20-36)37-21-11-4-12-22-37/h1-31H. The van der Waals surface area contributed by atoms with Crippen molar-refractivity contribution in [3.8, 4) is 56.3 Å². The van der Waals surface area contributed by atoms with Gasteiger partial charge in [0.25, 0.3) is 0 Å². The maximum absolute atomic E-state index is 5.20. The highest BCUT2D eigenvalue weighted by Gasteiger charge is 2.46. The number of hydrogen-bond donors (Lipinski definition) is 0. The third-order valence-electron chi connectivity index (χ3n) is 9.64. The SMILES string of the molecule is c1ccc(-c2cc(-c3ccc4c(c3)C(c3ccccc3)(c3ccccc3)c3cc(-c5ccccn5)ccc3-4)nc(-c3ccccc3)n2)cc1. The number of hydrogen-bond acceptors (Lipinski definition) is 3. The smallest absolute Gasteiger partial charge is 0.160 e. The predicted octanol–water partition coefficient (Wildman–Crippen LogP) is 10.9. The highest BCUT2D eigenvalue weighted by atomic mass is 14.9. The van der Waals surface area contributed by atoms with E-state index in [1.165, 1.54) is 33.4 Å². The summed E-state index contributed by atoms with van der Waals surface area (Å²) in [4.78, 5) is 15.0. The van der Waals surface area contributed by atoms with Crippen molar-refractivity contribution in [3.05, 3.63) is 210 Å². The van der Waals surface area contributed by atoms with Gasteiger partial charge in [-0.3, -0.25) is 4.98 Å². The van der Waals surface area contributed by atoms with Crippen LogP contribution in [0.4, 0.5) is 0 Å². The van der Waals surface area contributed by atoms with Gasteiger partial charge in [0.15, 0.2) is 5.82 Å². The van der Waals surface area contributed by atoms with E-state index in [9.17, 15) is 0 Å². The summed E-state index contributed by atoms with van der Waals surface area (Å²) in [6.07, 6.45) is 1.86.